The lowest BCUT2D eigenvalue weighted by Gasteiger charge is -2.19. The van der Waals surface area contributed by atoms with Crippen LogP contribution in [-0.2, 0) is 16.0 Å². The molecule has 0 bridgehead atoms. The lowest BCUT2D eigenvalue weighted by molar-refractivity contribution is -0.143. The van der Waals surface area contributed by atoms with Crippen LogP contribution in [0.2, 0.25) is 0 Å². The molecule has 0 spiro atoms. The zero-order valence-corrected chi connectivity index (χ0v) is 19.9. The molecule has 0 saturated heterocycles. The van der Waals surface area contributed by atoms with E-state index in [0.717, 1.165) is 37.0 Å². The van der Waals surface area contributed by atoms with Gasteiger partial charge in [-0.05, 0) is 49.3 Å². The monoisotopic (exact) mass is 460 g/mol. The Bertz CT molecular complexity index is 741. The van der Waals surface area contributed by atoms with Crippen LogP contribution in [0.25, 0.3) is 0 Å². The van der Waals surface area contributed by atoms with Crippen molar-refractivity contribution >= 4 is 5.97 Å². The van der Waals surface area contributed by atoms with Gasteiger partial charge in [0, 0.05) is 25.2 Å². The minimum atomic E-state index is -0.670. The molecule has 0 aromatic heterocycles. The summed E-state index contributed by atoms with van der Waals surface area (Å²) in [6, 6.07) is 7.56. The van der Waals surface area contributed by atoms with Gasteiger partial charge in [-0.15, -0.1) is 0 Å². The smallest absolute Gasteiger partial charge is 0.305 e. The number of esters is 1. The number of hydrogen-bond acceptors (Lipinski definition) is 6. The molecule has 1 aliphatic rings. The van der Waals surface area contributed by atoms with E-state index in [0.29, 0.717) is 32.3 Å². The fourth-order valence-corrected chi connectivity index (χ4v) is 4.17. The SMILES string of the molecule is CCCCOC(=O)CCCC=CCC1C(C=C[C@@H](O)Cc2ccc(OC)cc2)[C@H](O)C[C@@H]1O. The second-order valence-electron chi connectivity index (χ2n) is 8.79. The average molecular weight is 461 g/mol. The number of hydrogen-bond donors (Lipinski definition) is 3. The standard InChI is InChI=1S/C27H40O6/c1-3-4-17-33-27(31)10-8-6-5-7-9-23-24(26(30)19-25(23)29)16-13-21(28)18-20-11-14-22(32-2)15-12-20/h5,7,11-16,21,23-26,28-30H,3-4,6,8-10,17-19H2,1-2H3/t21-,23?,24?,25+,26-/m1/s1. The van der Waals surface area contributed by atoms with Gasteiger partial charge in [0.25, 0.3) is 0 Å². The minimum absolute atomic E-state index is 0.0975. The van der Waals surface area contributed by atoms with Gasteiger partial charge < -0.3 is 24.8 Å². The summed E-state index contributed by atoms with van der Waals surface area (Å²) in [5, 5.41) is 31.2. The number of carbonyl (C=O) groups is 1. The van der Waals surface area contributed by atoms with Crippen molar-refractivity contribution < 1.29 is 29.6 Å². The quantitative estimate of drug-likeness (QED) is 0.221. The fraction of sp³-hybridized carbons (Fsp3) is 0.593. The zero-order valence-electron chi connectivity index (χ0n) is 19.9. The number of aliphatic hydroxyl groups excluding tert-OH is 3. The first-order chi connectivity index (χ1) is 15.9. The highest BCUT2D eigenvalue weighted by Crippen LogP contribution is 2.36. The molecule has 6 heteroatoms. The van der Waals surface area contributed by atoms with E-state index in [4.69, 9.17) is 9.47 Å². The highest BCUT2D eigenvalue weighted by Gasteiger charge is 2.39. The summed E-state index contributed by atoms with van der Waals surface area (Å²) < 4.78 is 10.3. The molecule has 1 fully saturated rings. The second-order valence-corrected chi connectivity index (χ2v) is 8.79. The Hall–Kier alpha value is -2.15. The zero-order chi connectivity index (χ0) is 24.1. The Morgan fingerprint density at radius 3 is 2.61 bits per heavy atom. The molecular formula is C27H40O6. The first-order valence-corrected chi connectivity index (χ1v) is 12.1. The summed E-state index contributed by atoms with van der Waals surface area (Å²) in [5.41, 5.74) is 0.994. The van der Waals surface area contributed by atoms with Gasteiger partial charge in [-0.1, -0.05) is 49.8 Å². The summed E-state index contributed by atoms with van der Waals surface area (Å²) in [4.78, 5) is 11.6. The molecule has 0 aliphatic heterocycles. The maximum absolute atomic E-state index is 11.6. The minimum Gasteiger partial charge on any atom is -0.497 e. The summed E-state index contributed by atoms with van der Waals surface area (Å²) in [5.74, 6) is 0.322. The molecule has 3 N–H and O–H groups in total. The molecule has 2 rings (SSSR count). The Balaban J connectivity index is 1.78. The van der Waals surface area contributed by atoms with Crippen molar-refractivity contribution in [2.75, 3.05) is 13.7 Å². The number of rotatable bonds is 14. The van der Waals surface area contributed by atoms with Crippen LogP contribution >= 0.6 is 0 Å². The van der Waals surface area contributed by atoms with Crippen LogP contribution in [0.15, 0.2) is 48.6 Å². The van der Waals surface area contributed by atoms with Crippen LogP contribution in [0.4, 0.5) is 0 Å². The van der Waals surface area contributed by atoms with E-state index in [2.05, 4.69) is 6.92 Å². The van der Waals surface area contributed by atoms with E-state index in [1.54, 1.807) is 13.2 Å². The normalized spacial score (nSPS) is 23.9. The van der Waals surface area contributed by atoms with E-state index in [1.165, 1.54) is 0 Å². The summed E-state index contributed by atoms with van der Waals surface area (Å²) in [6.45, 7) is 2.56. The number of unbranched alkanes of at least 4 members (excludes halogenated alkanes) is 2. The third-order valence-electron chi connectivity index (χ3n) is 6.16. The Labute approximate surface area is 197 Å². The Morgan fingerprint density at radius 1 is 1.15 bits per heavy atom. The van der Waals surface area contributed by atoms with Gasteiger partial charge in [-0.2, -0.15) is 0 Å². The predicted molar refractivity (Wildman–Crippen MR) is 129 cm³/mol. The van der Waals surface area contributed by atoms with E-state index < -0.39 is 18.3 Å². The van der Waals surface area contributed by atoms with Crippen molar-refractivity contribution in [2.24, 2.45) is 11.8 Å². The topological polar surface area (TPSA) is 96.2 Å². The Kier molecular flexibility index (Phi) is 12.2. The van der Waals surface area contributed by atoms with Gasteiger partial charge in [0.05, 0.1) is 32.0 Å². The van der Waals surface area contributed by atoms with Gasteiger partial charge in [-0.25, -0.2) is 0 Å². The number of ether oxygens (including phenoxy) is 2. The average Bonchev–Trinajstić information content (AvgIpc) is 3.07. The lowest BCUT2D eigenvalue weighted by atomic mass is 9.89. The molecular weight excluding hydrogens is 420 g/mol. The van der Waals surface area contributed by atoms with Crippen LogP contribution in [0.3, 0.4) is 0 Å². The number of benzene rings is 1. The first-order valence-electron chi connectivity index (χ1n) is 12.1. The van der Waals surface area contributed by atoms with Gasteiger partial charge in [0.1, 0.15) is 5.75 Å². The molecule has 5 atom stereocenters. The molecule has 1 aromatic rings. The van der Waals surface area contributed by atoms with Crippen LogP contribution in [0, 0.1) is 11.8 Å². The van der Waals surface area contributed by atoms with Gasteiger partial charge in [0.15, 0.2) is 0 Å². The summed E-state index contributed by atoms with van der Waals surface area (Å²) in [7, 11) is 1.62. The molecule has 2 unspecified atom stereocenters. The molecule has 1 aliphatic carbocycles. The maximum Gasteiger partial charge on any atom is 0.305 e. The highest BCUT2D eigenvalue weighted by molar-refractivity contribution is 5.69. The van der Waals surface area contributed by atoms with Gasteiger partial charge >= 0.3 is 5.97 Å². The van der Waals surface area contributed by atoms with E-state index in [1.807, 2.05) is 42.5 Å². The number of allylic oxidation sites excluding steroid dienone is 2. The molecule has 6 nitrogen and oxygen atoms in total. The first kappa shape index (κ1) is 27.1. The number of aliphatic hydroxyl groups is 3. The van der Waals surface area contributed by atoms with Crippen molar-refractivity contribution in [1.29, 1.82) is 0 Å². The third-order valence-corrected chi connectivity index (χ3v) is 6.16. The van der Waals surface area contributed by atoms with Crippen LogP contribution in [0.5, 0.6) is 5.75 Å². The molecule has 33 heavy (non-hydrogen) atoms. The molecule has 1 aromatic carbocycles. The van der Waals surface area contributed by atoms with Crippen LogP contribution in [0.1, 0.15) is 57.4 Å². The van der Waals surface area contributed by atoms with Crippen molar-refractivity contribution in [3.05, 3.63) is 54.1 Å². The third kappa shape index (κ3) is 9.70. The van der Waals surface area contributed by atoms with Crippen molar-refractivity contribution in [1.82, 2.24) is 0 Å². The van der Waals surface area contributed by atoms with Crippen molar-refractivity contribution in [2.45, 2.75) is 76.6 Å². The van der Waals surface area contributed by atoms with Crippen molar-refractivity contribution in [3.8, 4) is 5.75 Å². The fourth-order valence-electron chi connectivity index (χ4n) is 4.17. The van der Waals surface area contributed by atoms with E-state index >= 15 is 0 Å². The highest BCUT2D eigenvalue weighted by atomic mass is 16.5. The van der Waals surface area contributed by atoms with Gasteiger partial charge in [0.2, 0.25) is 0 Å². The van der Waals surface area contributed by atoms with Crippen LogP contribution in [-0.4, -0.2) is 53.3 Å². The summed E-state index contributed by atoms with van der Waals surface area (Å²) >= 11 is 0. The summed E-state index contributed by atoms with van der Waals surface area (Å²) in [6.07, 6.45) is 11.0. The molecule has 184 valence electrons. The lowest BCUT2D eigenvalue weighted by Crippen LogP contribution is -2.20. The molecule has 0 amide bonds. The number of carbonyl (C=O) groups excluding carboxylic acids is 1. The number of methoxy groups -OCH3 is 1. The van der Waals surface area contributed by atoms with Crippen molar-refractivity contribution in [3.63, 3.8) is 0 Å². The van der Waals surface area contributed by atoms with E-state index in [9.17, 15) is 20.1 Å². The largest absolute Gasteiger partial charge is 0.497 e. The molecule has 0 heterocycles. The Morgan fingerprint density at radius 2 is 1.91 bits per heavy atom. The van der Waals surface area contributed by atoms with Crippen LogP contribution < -0.4 is 4.74 Å². The van der Waals surface area contributed by atoms with E-state index in [-0.39, 0.29) is 17.8 Å². The molecule has 1 saturated carbocycles. The molecule has 0 radical (unpaired) electrons. The predicted octanol–water partition coefficient (Wildman–Crippen LogP) is 3.97. The second kappa shape index (κ2) is 14.9. The van der Waals surface area contributed by atoms with Gasteiger partial charge in [-0.3, -0.25) is 4.79 Å². The maximum atomic E-state index is 11.6.